The Kier molecular flexibility index (Phi) is 8.63. The number of carbonyl (C=O) groups is 2. The Hall–Kier alpha value is -4.04. The van der Waals surface area contributed by atoms with E-state index in [0.717, 1.165) is 27.6 Å². The minimum Gasteiger partial charge on any atom is -0.364 e. The largest absolute Gasteiger partial charge is 0.416 e. The second-order valence-corrected chi connectivity index (χ2v) is 11.7. The number of hydrogen-bond acceptors (Lipinski definition) is 7. The van der Waals surface area contributed by atoms with Crippen LogP contribution < -0.4 is 16.0 Å². The topological polar surface area (TPSA) is 139 Å². The molecule has 1 saturated heterocycles. The van der Waals surface area contributed by atoms with E-state index in [1.807, 2.05) is 24.3 Å². The Bertz CT molecular complexity index is 1500. The smallest absolute Gasteiger partial charge is 0.364 e. The average Bonchev–Trinajstić information content (AvgIpc) is 2.95. The monoisotopic (exact) mass is 590 g/mol. The predicted molar refractivity (Wildman–Crippen MR) is 144 cm³/mol. The van der Waals surface area contributed by atoms with Gasteiger partial charge in [-0.2, -0.15) is 17.5 Å². The number of rotatable bonds is 8. The van der Waals surface area contributed by atoms with Gasteiger partial charge in [-0.3, -0.25) is 9.59 Å². The summed E-state index contributed by atoms with van der Waals surface area (Å²) in [4.78, 5) is 34.2. The Balaban J connectivity index is 1.60. The summed E-state index contributed by atoms with van der Waals surface area (Å²) >= 11 is 0. The fraction of sp³-hybridized carbons (Fsp3) is 0.333. The molecule has 2 aromatic carbocycles. The molecule has 2 amide bonds. The highest BCUT2D eigenvalue weighted by Crippen LogP contribution is 2.31. The zero-order valence-electron chi connectivity index (χ0n) is 22.3. The maximum Gasteiger partial charge on any atom is 0.416 e. The van der Waals surface area contributed by atoms with Gasteiger partial charge in [-0.15, -0.1) is 0 Å². The lowest BCUT2D eigenvalue weighted by molar-refractivity contribution is -0.137. The Morgan fingerprint density at radius 1 is 1.02 bits per heavy atom. The number of carbonyl (C=O) groups excluding carboxylic acids is 2. The lowest BCUT2D eigenvalue weighted by Crippen LogP contribution is -2.60. The van der Waals surface area contributed by atoms with Crippen LogP contribution >= 0.6 is 0 Å². The molecule has 2 heterocycles. The van der Waals surface area contributed by atoms with Gasteiger partial charge < -0.3 is 16.0 Å². The molecule has 0 radical (unpaired) electrons. The third-order valence-electron chi connectivity index (χ3n) is 6.75. The summed E-state index contributed by atoms with van der Waals surface area (Å²) in [6.07, 6.45) is -2.15. The van der Waals surface area contributed by atoms with Crippen molar-refractivity contribution in [3.63, 3.8) is 0 Å². The molecule has 218 valence electrons. The van der Waals surface area contributed by atoms with Crippen molar-refractivity contribution in [2.75, 3.05) is 24.5 Å². The molecule has 41 heavy (non-hydrogen) atoms. The first-order valence-corrected chi connectivity index (χ1v) is 14.1. The van der Waals surface area contributed by atoms with E-state index in [-0.39, 0.29) is 36.8 Å². The van der Waals surface area contributed by atoms with Gasteiger partial charge in [0.25, 0.3) is 5.91 Å². The fourth-order valence-corrected chi connectivity index (χ4v) is 5.94. The van der Waals surface area contributed by atoms with Gasteiger partial charge in [0.1, 0.15) is 17.6 Å². The number of halogens is 3. The molecule has 1 aliphatic heterocycles. The minimum absolute atomic E-state index is 0.0601. The van der Waals surface area contributed by atoms with Crippen LogP contribution in [0.4, 0.5) is 19.0 Å². The molecule has 0 aliphatic carbocycles. The molecule has 1 fully saturated rings. The second-order valence-electron chi connectivity index (χ2n) is 9.84. The zero-order valence-corrected chi connectivity index (χ0v) is 23.1. The number of benzene rings is 2. The van der Waals surface area contributed by atoms with Gasteiger partial charge in [0.15, 0.2) is 0 Å². The minimum atomic E-state index is -4.63. The normalized spacial score (nSPS) is 16.5. The van der Waals surface area contributed by atoms with Crippen LogP contribution in [-0.4, -0.2) is 60.2 Å². The van der Waals surface area contributed by atoms with Crippen molar-refractivity contribution in [3.05, 3.63) is 83.3 Å². The van der Waals surface area contributed by atoms with Gasteiger partial charge in [0.2, 0.25) is 15.9 Å². The van der Waals surface area contributed by atoms with Crippen LogP contribution in [0.15, 0.2) is 65.8 Å². The molecule has 10 nitrogen and oxygen atoms in total. The van der Waals surface area contributed by atoms with Crippen LogP contribution in [0.1, 0.15) is 46.9 Å². The van der Waals surface area contributed by atoms with Gasteiger partial charge in [-0.25, -0.2) is 18.4 Å². The number of primary amides is 1. The fourth-order valence-electron chi connectivity index (χ4n) is 4.37. The quantitative estimate of drug-likeness (QED) is 0.411. The number of nitrogens with two attached hydrogens (primary N) is 1. The van der Waals surface area contributed by atoms with Crippen molar-refractivity contribution in [2.24, 2.45) is 5.73 Å². The number of sulfonamides is 1. The number of alkyl halides is 3. The van der Waals surface area contributed by atoms with Gasteiger partial charge >= 0.3 is 6.18 Å². The zero-order chi connectivity index (χ0) is 29.9. The molecular weight excluding hydrogens is 561 g/mol. The highest BCUT2D eigenvalue weighted by molar-refractivity contribution is 7.89. The van der Waals surface area contributed by atoms with Gasteiger partial charge in [-0.05, 0) is 41.3 Å². The molecule has 4 rings (SSSR count). The van der Waals surface area contributed by atoms with Crippen LogP contribution in [0.25, 0.3) is 0 Å². The van der Waals surface area contributed by atoms with Crippen LogP contribution in [-0.2, 0) is 27.5 Å². The standard InChI is InChI=1S/C27H29F3N6O4S/c1-17(2)19-5-3-18(4-6-19)13-34-26(38)23-16-35(24-15-32-22(14-33-24)25(31)37)11-12-36(23)41(39,40)21-9-7-20(8-10-21)27(28,29)30/h3-10,14-15,17,23H,11-13,16H2,1-2H3,(H2,31,37)(H,34,38)/t23-/m1/s1. The SMILES string of the molecule is CC(C)c1ccc(CNC(=O)[C@H]2CN(c3cnc(C(N)=O)cn3)CCN2S(=O)(=O)c2ccc(C(F)(F)F)cc2)cc1. The van der Waals surface area contributed by atoms with Crippen LogP contribution in [0.3, 0.4) is 0 Å². The van der Waals surface area contributed by atoms with E-state index in [2.05, 4.69) is 29.1 Å². The summed E-state index contributed by atoms with van der Waals surface area (Å²) in [6, 6.07) is 9.53. The van der Waals surface area contributed by atoms with E-state index in [4.69, 9.17) is 5.73 Å². The lowest BCUT2D eigenvalue weighted by Gasteiger charge is -2.40. The van der Waals surface area contributed by atoms with Gasteiger partial charge in [0, 0.05) is 26.2 Å². The molecule has 1 atom stereocenters. The van der Waals surface area contributed by atoms with Crippen LogP contribution in [0.5, 0.6) is 0 Å². The van der Waals surface area contributed by atoms with Crippen molar-refractivity contribution in [1.82, 2.24) is 19.6 Å². The molecule has 0 unspecified atom stereocenters. The number of piperazine rings is 1. The summed E-state index contributed by atoms with van der Waals surface area (Å²) in [5.41, 5.74) is 6.10. The maximum atomic E-state index is 13.6. The summed E-state index contributed by atoms with van der Waals surface area (Å²) in [7, 11) is -4.36. The van der Waals surface area contributed by atoms with Crippen molar-refractivity contribution < 1.29 is 31.2 Å². The number of anilines is 1. The first kappa shape index (κ1) is 29.9. The van der Waals surface area contributed by atoms with Gasteiger partial charge in [-0.1, -0.05) is 38.1 Å². The molecule has 0 spiro atoms. The first-order valence-electron chi connectivity index (χ1n) is 12.7. The third kappa shape index (κ3) is 6.82. The number of nitrogens with one attached hydrogen (secondary N) is 1. The summed E-state index contributed by atoms with van der Waals surface area (Å²) < 4.78 is 67.2. The maximum absolute atomic E-state index is 13.6. The van der Waals surface area contributed by atoms with E-state index in [1.54, 1.807) is 4.90 Å². The predicted octanol–water partition coefficient (Wildman–Crippen LogP) is 2.91. The molecule has 14 heteroatoms. The molecular formula is C27H29F3N6O4S. The molecule has 3 aromatic rings. The third-order valence-corrected chi connectivity index (χ3v) is 8.67. The first-order chi connectivity index (χ1) is 19.3. The van der Waals surface area contributed by atoms with Crippen molar-refractivity contribution in [2.45, 2.75) is 43.4 Å². The van der Waals surface area contributed by atoms with E-state index >= 15 is 0 Å². The van der Waals surface area contributed by atoms with E-state index in [1.165, 1.54) is 12.4 Å². The highest BCUT2D eigenvalue weighted by atomic mass is 32.2. The Labute approximate surface area is 235 Å². The second kappa shape index (κ2) is 11.8. The molecule has 1 aliphatic rings. The number of hydrogen-bond donors (Lipinski definition) is 2. The van der Waals surface area contributed by atoms with Gasteiger partial charge in [0.05, 0.1) is 22.9 Å². The molecule has 0 bridgehead atoms. The van der Waals surface area contributed by atoms with Crippen molar-refractivity contribution >= 4 is 27.7 Å². The molecule has 3 N–H and O–H groups in total. The van der Waals surface area contributed by atoms with Crippen molar-refractivity contribution in [1.29, 1.82) is 0 Å². The Morgan fingerprint density at radius 3 is 2.22 bits per heavy atom. The van der Waals surface area contributed by atoms with Crippen LogP contribution in [0, 0.1) is 0 Å². The number of nitrogens with zero attached hydrogens (tertiary/aromatic N) is 4. The molecule has 0 saturated carbocycles. The van der Waals surface area contributed by atoms with Crippen LogP contribution in [0.2, 0.25) is 0 Å². The van der Waals surface area contributed by atoms with E-state index in [0.29, 0.717) is 23.9 Å². The average molecular weight is 591 g/mol. The highest BCUT2D eigenvalue weighted by Gasteiger charge is 2.41. The Morgan fingerprint density at radius 2 is 1.68 bits per heavy atom. The lowest BCUT2D eigenvalue weighted by atomic mass is 10.0. The number of amides is 2. The molecule has 1 aromatic heterocycles. The van der Waals surface area contributed by atoms with E-state index in [9.17, 15) is 31.2 Å². The summed E-state index contributed by atoms with van der Waals surface area (Å²) in [6.45, 7) is 4.07. The van der Waals surface area contributed by atoms with Crippen molar-refractivity contribution in [3.8, 4) is 0 Å². The number of aromatic nitrogens is 2. The summed E-state index contributed by atoms with van der Waals surface area (Å²) in [5, 5.41) is 2.78. The summed E-state index contributed by atoms with van der Waals surface area (Å²) in [5.74, 6) is -0.741. The van der Waals surface area contributed by atoms with E-state index < -0.39 is 39.6 Å².